The van der Waals surface area contributed by atoms with E-state index in [4.69, 9.17) is 14.2 Å². The number of hydrogen-bond donors (Lipinski definition) is 0. The monoisotopic (exact) mass is 321 g/mol. The van der Waals surface area contributed by atoms with Gasteiger partial charge in [-0.3, -0.25) is 0 Å². The number of rotatable bonds is 4. The van der Waals surface area contributed by atoms with Crippen molar-refractivity contribution >= 4 is 5.95 Å². The fourth-order valence-corrected chi connectivity index (χ4v) is 2.76. The molecule has 0 spiro atoms. The summed E-state index contributed by atoms with van der Waals surface area (Å²) in [6.45, 7) is 9.81. The Balaban J connectivity index is 1.52. The molecular formula is C17H27N3O3. The third-order valence-corrected chi connectivity index (χ3v) is 4.38. The minimum Gasteiger partial charge on any atom is -0.490 e. The van der Waals surface area contributed by atoms with Crippen LogP contribution >= 0.6 is 0 Å². The zero-order valence-electron chi connectivity index (χ0n) is 14.4. The Labute approximate surface area is 138 Å². The van der Waals surface area contributed by atoms with Crippen molar-refractivity contribution in [3.63, 3.8) is 0 Å². The van der Waals surface area contributed by atoms with E-state index < -0.39 is 5.79 Å². The molecule has 2 saturated heterocycles. The lowest BCUT2D eigenvalue weighted by Crippen LogP contribution is -2.47. The van der Waals surface area contributed by atoms with Crippen LogP contribution in [0.4, 0.5) is 5.95 Å². The Morgan fingerprint density at radius 2 is 1.65 bits per heavy atom. The molecule has 6 nitrogen and oxygen atoms in total. The lowest BCUT2D eigenvalue weighted by molar-refractivity contribution is -0.285. The van der Waals surface area contributed by atoms with Crippen LogP contribution in [-0.2, 0) is 9.47 Å². The van der Waals surface area contributed by atoms with E-state index in [2.05, 4.69) is 21.8 Å². The van der Waals surface area contributed by atoms with Crippen molar-refractivity contribution in [3.8, 4) is 5.75 Å². The van der Waals surface area contributed by atoms with Crippen LogP contribution < -0.4 is 9.64 Å². The summed E-state index contributed by atoms with van der Waals surface area (Å²) in [7, 11) is 0. The molecule has 0 unspecified atom stereocenters. The first kappa shape index (κ1) is 16.5. The van der Waals surface area contributed by atoms with Crippen LogP contribution in [0, 0.1) is 5.41 Å². The highest BCUT2D eigenvalue weighted by atomic mass is 16.7. The van der Waals surface area contributed by atoms with Crippen molar-refractivity contribution in [3.05, 3.63) is 12.4 Å². The van der Waals surface area contributed by atoms with Crippen LogP contribution in [0.2, 0.25) is 0 Å². The van der Waals surface area contributed by atoms with Gasteiger partial charge < -0.3 is 19.1 Å². The normalized spacial score (nSPS) is 23.5. The van der Waals surface area contributed by atoms with E-state index in [0.717, 1.165) is 19.0 Å². The van der Waals surface area contributed by atoms with Crippen molar-refractivity contribution in [2.45, 2.75) is 45.8 Å². The number of hydrogen-bond acceptors (Lipinski definition) is 6. The van der Waals surface area contributed by atoms with Crippen LogP contribution in [0.25, 0.3) is 0 Å². The van der Waals surface area contributed by atoms with Gasteiger partial charge in [0.2, 0.25) is 5.95 Å². The minimum absolute atomic E-state index is 0.152. The molecule has 0 saturated carbocycles. The summed E-state index contributed by atoms with van der Waals surface area (Å²) in [5.41, 5.74) is -0.152. The molecule has 3 heterocycles. The highest BCUT2D eigenvalue weighted by molar-refractivity contribution is 5.31. The van der Waals surface area contributed by atoms with Crippen LogP contribution in [-0.4, -0.2) is 48.7 Å². The van der Waals surface area contributed by atoms with Gasteiger partial charge in [0.15, 0.2) is 11.5 Å². The largest absolute Gasteiger partial charge is 0.490 e. The smallest absolute Gasteiger partial charge is 0.225 e. The summed E-state index contributed by atoms with van der Waals surface area (Å²) in [6, 6.07) is 0. The summed E-state index contributed by atoms with van der Waals surface area (Å²) in [4.78, 5) is 11.1. The Kier molecular flexibility index (Phi) is 4.73. The molecule has 0 radical (unpaired) electrons. The lowest BCUT2D eigenvalue weighted by Gasteiger charge is -2.41. The van der Waals surface area contributed by atoms with Crippen LogP contribution in [0.1, 0.15) is 40.0 Å². The van der Waals surface area contributed by atoms with Gasteiger partial charge in [-0.15, -0.1) is 0 Å². The molecule has 0 N–H and O–H groups in total. The fourth-order valence-electron chi connectivity index (χ4n) is 2.76. The second-order valence-electron chi connectivity index (χ2n) is 7.34. The van der Waals surface area contributed by atoms with Gasteiger partial charge in [-0.2, -0.15) is 0 Å². The fraction of sp³-hybridized carbons (Fsp3) is 0.765. The SMILES string of the molecule is CC1(COc2cnc(N3CCCCC3)nc2)COC(C)(C)OC1. The standard InChI is InChI=1S/C17H27N3O3/c1-16(2)22-12-17(3,13-23-16)11-21-14-9-18-15(19-10-14)20-7-5-4-6-8-20/h9-10H,4-8,11-13H2,1-3H3. The van der Waals surface area contributed by atoms with Crippen molar-refractivity contribution in [1.29, 1.82) is 0 Å². The van der Waals surface area contributed by atoms with Gasteiger partial charge in [0.05, 0.1) is 32.2 Å². The Hall–Kier alpha value is -1.40. The molecule has 3 rings (SSSR count). The predicted octanol–water partition coefficient (Wildman–Crippen LogP) is 2.63. The van der Waals surface area contributed by atoms with Crippen molar-refractivity contribution < 1.29 is 14.2 Å². The van der Waals surface area contributed by atoms with Crippen LogP contribution in [0.15, 0.2) is 12.4 Å². The van der Waals surface area contributed by atoms with E-state index in [1.807, 2.05) is 13.8 Å². The number of piperidine rings is 1. The van der Waals surface area contributed by atoms with E-state index in [9.17, 15) is 0 Å². The van der Waals surface area contributed by atoms with Crippen molar-refractivity contribution in [2.24, 2.45) is 5.41 Å². The molecule has 128 valence electrons. The second kappa shape index (κ2) is 6.61. The highest BCUT2D eigenvalue weighted by Crippen LogP contribution is 2.30. The maximum Gasteiger partial charge on any atom is 0.225 e. The maximum atomic E-state index is 5.86. The van der Waals surface area contributed by atoms with Gasteiger partial charge in [0, 0.05) is 18.5 Å². The van der Waals surface area contributed by atoms with Crippen molar-refractivity contribution in [2.75, 3.05) is 37.8 Å². The molecule has 1 aromatic heterocycles. The predicted molar refractivity (Wildman–Crippen MR) is 87.7 cm³/mol. The zero-order valence-corrected chi connectivity index (χ0v) is 14.4. The second-order valence-corrected chi connectivity index (χ2v) is 7.34. The van der Waals surface area contributed by atoms with Gasteiger partial charge in [0.25, 0.3) is 0 Å². The molecule has 2 aliphatic heterocycles. The number of anilines is 1. The summed E-state index contributed by atoms with van der Waals surface area (Å²) < 4.78 is 17.3. The average Bonchev–Trinajstić information content (AvgIpc) is 2.58. The summed E-state index contributed by atoms with van der Waals surface area (Å²) in [5.74, 6) is 0.991. The molecule has 0 aliphatic carbocycles. The third-order valence-electron chi connectivity index (χ3n) is 4.38. The molecule has 0 atom stereocenters. The van der Waals surface area contributed by atoms with Gasteiger partial charge in [-0.05, 0) is 33.1 Å². The summed E-state index contributed by atoms with van der Waals surface area (Å²) in [6.07, 6.45) is 7.26. The van der Waals surface area contributed by atoms with E-state index in [1.165, 1.54) is 19.3 Å². The Morgan fingerprint density at radius 1 is 1.04 bits per heavy atom. The first-order valence-corrected chi connectivity index (χ1v) is 8.44. The molecule has 6 heteroatoms. The zero-order chi connectivity index (χ0) is 16.3. The molecule has 0 amide bonds. The number of ether oxygens (including phenoxy) is 3. The van der Waals surface area contributed by atoms with Gasteiger partial charge in [-0.25, -0.2) is 9.97 Å². The highest BCUT2D eigenvalue weighted by Gasteiger charge is 2.37. The Morgan fingerprint density at radius 3 is 2.26 bits per heavy atom. The lowest BCUT2D eigenvalue weighted by atomic mass is 9.93. The van der Waals surface area contributed by atoms with E-state index in [0.29, 0.717) is 25.6 Å². The van der Waals surface area contributed by atoms with Gasteiger partial charge in [0.1, 0.15) is 0 Å². The quantitative estimate of drug-likeness (QED) is 0.850. The maximum absolute atomic E-state index is 5.86. The number of aromatic nitrogens is 2. The Bertz CT molecular complexity index is 502. The minimum atomic E-state index is -0.501. The van der Waals surface area contributed by atoms with Crippen molar-refractivity contribution in [1.82, 2.24) is 9.97 Å². The summed E-state index contributed by atoms with van der Waals surface area (Å²) >= 11 is 0. The molecule has 1 aromatic rings. The molecule has 23 heavy (non-hydrogen) atoms. The molecule has 0 aromatic carbocycles. The average molecular weight is 321 g/mol. The topological polar surface area (TPSA) is 56.7 Å². The molecule has 0 bridgehead atoms. The first-order chi connectivity index (χ1) is 11.0. The van der Waals surface area contributed by atoms with Crippen LogP contribution in [0.5, 0.6) is 5.75 Å². The van der Waals surface area contributed by atoms with Gasteiger partial charge >= 0.3 is 0 Å². The van der Waals surface area contributed by atoms with E-state index >= 15 is 0 Å². The molecular weight excluding hydrogens is 294 g/mol. The molecule has 2 aliphatic rings. The molecule has 2 fully saturated rings. The first-order valence-electron chi connectivity index (χ1n) is 8.44. The third kappa shape index (κ3) is 4.32. The van der Waals surface area contributed by atoms with Crippen LogP contribution in [0.3, 0.4) is 0 Å². The summed E-state index contributed by atoms with van der Waals surface area (Å²) in [5, 5.41) is 0. The van der Waals surface area contributed by atoms with Gasteiger partial charge in [-0.1, -0.05) is 6.92 Å². The van der Waals surface area contributed by atoms with E-state index in [1.54, 1.807) is 12.4 Å². The van der Waals surface area contributed by atoms with E-state index in [-0.39, 0.29) is 5.41 Å². The number of nitrogens with zero attached hydrogens (tertiary/aromatic N) is 3.